The summed E-state index contributed by atoms with van der Waals surface area (Å²) in [6, 6.07) is 1.52. The van der Waals surface area contributed by atoms with Crippen molar-refractivity contribution in [3.05, 3.63) is 24.0 Å². The lowest BCUT2D eigenvalue weighted by Crippen LogP contribution is -2.05. The third-order valence-electron chi connectivity index (χ3n) is 1.26. The summed E-state index contributed by atoms with van der Waals surface area (Å²) in [5, 5.41) is 8.66. The van der Waals surface area contributed by atoms with Crippen LogP contribution >= 0.6 is 0 Å². The SMILES string of the molecule is CONc1ccncc1C(=O)O. The van der Waals surface area contributed by atoms with Crippen LogP contribution in [-0.2, 0) is 4.84 Å². The van der Waals surface area contributed by atoms with Crippen molar-refractivity contribution in [1.82, 2.24) is 4.98 Å². The van der Waals surface area contributed by atoms with Gasteiger partial charge < -0.3 is 5.11 Å². The summed E-state index contributed by atoms with van der Waals surface area (Å²) in [5.41, 5.74) is 2.91. The second-order valence-corrected chi connectivity index (χ2v) is 2.03. The second kappa shape index (κ2) is 3.68. The molecule has 0 saturated carbocycles. The van der Waals surface area contributed by atoms with Crippen LogP contribution in [-0.4, -0.2) is 23.2 Å². The van der Waals surface area contributed by atoms with Crippen LogP contribution in [0.2, 0.25) is 0 Å². The van der Waals surface area contributed by atoms with Crippen molar-refractivity contribution in [2.75, 3.05) is 12.6 Å². The molecule has 0 aromatic carbocycles. The van der Waals surface area contributed by atoms with Gasteiger partial charge in [0.2, 0.25) is 0 Å². The number of hydrogen-bond acceptors (Lipinski definition) is 4. The summed E-state index contributed by atoms with van der Waals surface area (Å²) in [7, 11) is 1.41. The number of nitrogens with zero attached hydrogens (tertiary/aromatic N) is 1. The molecular formula is C7H8N2O3. The van der Waals surface area contributed by atoms with Crippen molar-refractivity contribution in [1.29, 1.82) is 0 Å². The third kappa shape index (κ3) is 1.70. The molecule has 0 fully saturated rings. The molecular weight excluding hydrogens is 160 g/mol. The zero-order chi connectivity index (χ0) is 8.97. The normalized spacial score (nSPS) is 9.42. The van der Waals surface area contributed by atoms with Gasteiger partial charge >= 0.3 is 5.97 Å². The number of nitrogens with one attached hydrogen (secondary N) is 1. The van der Waals surface area contributed by atoms with Gasteiger partial charge in [-0.15, -0.1) is 0 Å². The topological polar surface area (TPSA) is 71.5 Å². The van der Waals surface area contributed by atoms with Gasteiger partial charge in [-0.3, -0.25) is 15.3 Å². The Bertz CT molecular complexity index is 288. The number of carboxylic acids is 1. The molecule has 0 aliphatic heterocycles. The maximum atomic E-state index is 10.6. The van der Waals surface area contributed by atoms with Crippen LogP contribution in [0.4, 0.5) is 5.69 Å². The monoisotopic (exact) mass is 168 g/mol. The van der Waals surface area contributed by atoms with Crippen LogP contribution in [0, 0.1) is 0 Å². The number of hydrogen-bond donors (Lipinski definition) is 2. The van der Waals surface area contributed by atoms with E-state index in [4.69, 9.17) is 5.11 Å². The Morgan fingerprint density at radius 2 is 2.50 bits per heavy atom. The van der Waals surface area contributed by atoms with Crippen molar-refractivity contribution < 1.29 is 14.7 Å². The van der Waals surface area contributed by atoms with E-state index in [9.17, 15) is 4.79 Å². The maximum absolute atomic E-state index is 10.6. The minimum atomic E-state index is -1.04. The molecule has 1 aromatic heterocycles. The molecule has 0 bridgehead atoms. The minimum absolute atomic E-state index is 0.0827. The highest BCUT2D eigenvalue weighted by molar-refractivity contribution is 5.93. The lowest BCUT2D eigenvalue weighted by molar-refractivity contribution is 0.0696. The van der Waals surface area contributed by atoms with E-state index in [1.165, 1.54) is 25.6 Å². The van der Waals surface area contributed by atoms with Gasteiger partial charge in [0.15, 0.2) is 0 Å². The summed E-state index contributed by atoms with van der Waals surface area (Å²) in [5.74, 6) is -1.04. The summed E-state index contributed by atoms with van der Waals surface area (Å²) in [6.07, 6.45) is 2.73. The van der Waals surface area contributed by atoms with Crippen LogP contribution in [0.1, 0.15) is 10.4 Å². The summed E-state index contributed by atoms with van der Waals surface area (Å²) in [6.45, 7) is 0. The molecule has 0 aliphatic rings. The minimum Gasteiger partial charge on any atom is -0.478 e. The number of carbonyl (C=O) groups is 1. The largest absolute Gasteiger partial charge is 0.478 e. The lowest BCUT2D eigenvalue weighted by Gasteiger charge is -2.04. The standard InChI is InChI=1S/C7H8N2O3/c1-12-9-6-2-3-8-4-5(6)7(10)11/h2-4H,1H3,(H,8,9)(H,10,11). The molecule has 1 rings (SSSR count). The summed E-state index contributed by atoms with van der Waals surface area (Å²) in [4.78, 5) is 18.8. The highest BCUT2D eigenvalue weighted by Crippen LogP contribution is 2.12. The molecule has 12 heavy (non-hydrogen) atoms. The van der Waals surface area contributed by atoms with Crippen LogP contribution in [0.5, 0.6) is 0 Å². The molecule has 0 atom stereocenters. The molecule has 1 heterocycles. The molecule has 64 valence electrons. The van der Waals surface area contributed by atoms with Crippen molar-refractivity contribution in [3.63, 3.8) is 0 Å². The van der Waals surface area contributed by atoms with Crippen LogP contribution in [0.3, 0.4) is 0 Å². The molecule has 0 aliphatic carbocycles. The van der Waals surface area contributed by atoms with E-state index < -0.39 is 5.97 Å². The van der Waals surface area contributed by atoms with Gasteiger partial charge in [-0.05, 0) is 6.07 Å². The van der Waals surface area contributed by atoms with Crippen LogP contribution in [0.15, 0.2) is 18.5 Å². The van der Waals surface area contributed by atoms with Gasteiger partial charge in [-0.25, -0.2) is 4.79 Å². The molecule has 0 amide bonds. The lowest BCUT2D eigenvalue weighted by atomic mass is 10.2. The Morgan fingerprint density at radius 1 is 1.75 bits per heavy atom. The van der Waals surface area contributed by atoms with Gasteiger partial charge in [0.25, 0.3) is 0 Å². The molecule has 5 nitrogen and oxygen atoms in total. The predicted molar refractivity (Wildman–Crippen MR) is 41.8 cm³/mol. The molecule has 2 N–H and O–H groups in total. The molecule has 1 aromatic rings. The maximum Gasteiger partial charge on any atom is 0.339 e. The molecule has 0 radical (unpaired) electrons. The first kappa shape index (κ1) is 8.48. The van der Waals surface area contributed by atoms with Gasteiger partial charge in [-0.2, -0.15) is 0 Å². The Hall–Kier alpha value is -1.62. The van der Waals surface area contributed by atoms with Crippen molar-refractivity contribution in [3.8, 4) is 0 Å². The smallest absolute Gasteiger partial charge is 0.339 e. The van der Waals surface area contributed by atoms with Gasteiger partial charge in [0.05, 0.1) is 12.8 Å². The van der Waals surface area contributed by atoms with E-state index in [1.54, 1.807) is 0 Å². The highest BCUT2D eigenvalue weighted by Gasteiger charge is 2.08. The van der Waals surface area contributed by atoms with E-state index in [2.05, 4.69) is 15.3 Å². The number of aromatic carboxylic acids is 1. The van der Waals surface area contributed by atoms with E-state index >= 15 is 0 Å². The van der Waals surface area contributed by atoms with Crippen molar-refractivity contribution in [2.24, 2.45) is 0 Å². The van der Waals surface area contributed by atoms with Crippen LogP contribution in [0.25, 0.3) is 0 Å². The van der Waals surface area contributed by atoms with Gasteiger partial charge in [0.1, 0.15) is 5.56 Å². The number of anilines is 1. The fraction of sp³-hybridized carbons (Fsp3) is 0.143. The first-order valence-electron chi connectivity index (χ1n) is 3.22. The summed E-state index contributed by atoms with van der Waals surface area (Å²) >= 11 is 0. The Balaban J connectivity index is 3.00. The van der Waals surface area contributed by atoms with E-state index in [1.807, 2.05) is 0 Å². The van der Waals surface area contributed by atoms with Crippen molar-refractivity contribution >= 4 is 11.7 Å². The van der Waals surface area contributed by atoms with Gasteiger partial charge in [0, 0.05) is 12.4 Å². The molecule has 0 saturated heterocycles. The van der Waals surface area contributed by atoms with Gasteiger partial charge in [-0.1, -0.05) is 0 Å². The fourth-order valence-corrected chi connectivity index (χ4v) is 0.764. The Labute approximate surface area is 69.0 Å². The molecule has 0 unspecified atom stereocenters. The zero-order valence-electron chi connectivity index (χ0n) is 6.44. The first-order chi connectivity index (χ1) is 5.75. The zero-order valence-corrected chi connectivity index (χ0v) is 6.44. The number of aromatic nitrogens is 1. The fourth-order valence-electron chi connectivity index (χ4n) is 0.764. The van der Waals surface area contributed by atoms with E-state index in [-0.39, 0.29) is 5.56 Å². The Morgan fingerprint density at radius 3 is 3.08 bits per heavy atom. The average Bonchev–Trinajstić information content (AvgIpc) is 2.05. The van der Waals surface area contributed by atoms with Crippen molar-refractivity contribution in [2.45, 2.75) is 0 Å². The van der Waals surface area contributed by atoms with E-state index in [0.717, 1.165) is 0 Å². The number of pyridine rings is 1. The highest BCUT2D eigenvalue weighted by atomic mass is 16.6. The van der Waals surface area contributed by atoms with Crippen LogP contribution < -0.4 is 5.48 Å². The number of carboxylic acid groups (broad SMARTS) is 1. The second-order valence-electron chi connectivity index (χ2n) is 2.03. The average molecular weight is 168 g/mol. The first-order valence-corrected chi connectivity index (χ1v) is 3.22. The molecule has 0 spiro atoms. The van der Waals surface area contributed by atoms with E-state index in [0.29, 0.717) is 5.69 Å². The molecule has 5 heteroatoms. The predicted octanol–water partition coefficient (Wildman–Crippen LogP) is 0.753. The Kier molecular flexibility index (Phi) is 2.60. The summed E-state index contributed by atoms with van der Waals surface area (Å²) < 4.78 is 0. The third-order valence-corrected chi connectivity index (χ3v) is 1.26. The quantitative estimate of drug-likeness (QED) is 0.651. The number of rotatable bonds is 3.